The van der Waals surface area contributed by atoms with E-state index in [0.29, 0.717) is 5.56 Å². The number of halogens is 2. The first-order chi connectivity index (χ1) is 11.4. The molecule has 1 aromatic carbocycles. The Bertz CT molecular complexity index is 656. The molecule has 1 amide bonds. The average Bonchev–Trinajstić information content (AvgIpc) is 2.50. The van der Waals surface area contributed by atoms with Crippen LogP contribution in [0.15, 0.2) is 28.7 Å². The number of ketones is 1. The highest BCUT2D eigenvalue weighted by molar-refractivity contribution is 9.10. The van der Waals surface area contributed by atoms with Crippen molar-refractivity contribution in [2.75, 3.05) is 7.11 Å². The maximum absolute atomic E-state index is 12.2. The normalized spacial score (nSPS) is 14.8. The molecule has 0 aromatic heterocycles. The summed E-state index contributed by atoms with van der Waals surface area (Å²) in [5, 5.41) is 2.52. The van der Waals surface area contributed by atoms with Crippen molar-refractivity contribution in [1.29, 1.82) is 0 Å². The molecule has 1 aromatic rings. The van der Waals surface area contributed by atoms with Crippen molar-refractivity contribution >= 4 is 45.4 Å². The lowest BCUT2D eigenvalue weighted by atomic mass is 9.89. The summed E-state index contributed by atoms with van der Waals surface area (Å²) in [5.41, 5.74) is -0.310. The summed E-state index contributed by atoms with van der Waals surface area (Å²) in [4.78, 5) is 34.5. The Hall–Kier alpha value is -1.60. The van der Waals surface area contributed by atoms with Gasteiger partial charge in [-0.3, -0.25) is 4.79 Å². The molecule has 8 heteroatoms. The Kier molecular flexibility index (Phi) is 7.02. The van der Waals surface area contributed by atoms with Crippen LogP contribution in [-0.4, -0.2) is 35.4 Å². The third-order valence-corrected chi connectivity index (χ3v) is 4.42. The number of alkyl carbamates (subject to hydrolysis) is 1. The topological polar surface area (TPSA) is 81.7 Å². The summed E-state index contributed by atoms with van der Waals surface area (Å²) in [5.74, 6) is -1.63. The van der Waals surface area contributed by atoms with Crippen molar-refractivity contribution in [3.63, 3.8) is 0 Å². The smallest absolute Gasteiger partial charge is 0.408 e. The van der Waals surface area contributed by atoms with E-state index in [2.05, 4.69) is 21.2 Å². The number of ether oxygens (including phenoxy) is 2. The number of benzene rings is 1. The summed E-state index contributed by atoms with van der Waals surface area (Å²) in [6, 6.07) is 5.49. The number of carbonyl (C=O) groups is 3. The van der Waals surface area contributed by atoms with Gasteiger partial charge in [-0.2, -0.15) is 0 Å². The Morgan fingerprint density at radius 2 is 1.68 bits per heavy atom. The molecule has 0 saturated carbocycles. The van der Waals surface area contributed by atoms with Crippen LogP contribution in [0.25, 0.3) is 0 Å². The van der Waals surface area contributed by atoms with E-state index >= 15 is 0 Å². The van der Waals surface area contributed by atoms with Crippen LogP contribution < -0.4 is 5.32 Å². The molecule has 0 spiro atoms. The molecule has 0 fully saturated rings. The molecule has 138 valence electrons. The van der Waals surface area contributed by atoms with Gasteiger partial charge in [-0.15, -0.1) is 0 Å². The summed E-state index contributed by atoms with van der Waals surface area (Å²) >= 11 is 9.68. The van der Waals surface area contributed by atoms with E-state index in [1.165, 1.54) is 0 Å². The number of carbonyl (C=O) groups excluding carboxylic acids is 3. The predicted octanol–water partition coefficient (Wildman–Crippen LogP) is 3.75. The third-order valence-electron chi connectivity index (χ3n) is 3.26. The van der Waals surface area contributed by atoms with Gasteiger partial charge in [0, 0.05) is 4.47 Å². The van der Waals surface area contributed by atoms with E-state index in [4.69, 9.17) is 21.1 Å². The lowest BCUT2D eigenvalue weighted by Crippen LogP contribution is -2.53. The molecular formula is C17H21BrClNO5. The van der Waals surface area contributed by atoms with E-state index < -0.39 is 34.4 Å². The van der Waals surface area contributed by atoms with Crippen molar-refractivity contribution in [1.82, 2.24) is 5.32 Å². The standard InChI is InChI=1S/C17H21BrClNO5/c1-10(21)17(19,14(22)24-5)13(11-6-8-12(18)9-7-11)20-15(23)25-16(2,3)4/h6-9,13H,1-5H3,(H,20,23)/t13-,17-/m1/s1. The predicted molar refractivity (Wildman–Crippen MR) is 97.5 cm³/mol. The van der Waals surface area contributed by atoms with Gasteiger partial charge in [0.15, 0.2) is 5.78 Å². The first-order valence-corrected chi connectivity index (χ1v) is 8.62. The molecule has 6 nitrogen and oxygen atoms in total. The fourth-order valence-corrected chi connectivity index (χ4v) is 2.63. The molecule has 0 radical (unpaired) electrons. The minimum absolute atomic E-state index is 0.449. The van der Waals surface area contributed by atoms with Gasteiger partial charge in [0.25, 0.3) is 0 Å². The van der Waals surface area contributed by atoms with Crippen LogP contribution in [0.1, 0.15) is 39.3 Å². The highest BCUT2D eigenvalue weighted by Crippen LogP contribution is 2.35. The molecule has 0 aliphatic rings. The molecule has 0 bridgehead atoms. The Balaban J connectivity index is 3.36. The molecule has 0 aliphatic carbocycles. The lowest BCUT2D eigenvalue weighted by molar-refractivity contribution is -0.148. The number of esters is 1. The molecule has 0 unspecified atom stereocenters. The fraction of sp³-hybridized carbons (Fsp3) is 0.471. The van der Waals surface area contributed by atoms with Gasteiger partial charge in [-0.1, -0.05) is 39.7 Å². The molecule has 1 N–H and O–H groups in total. The molecule has 2 atom stereocenters. The second-order valence-electron chi connectivity index (χ2n) is 6.39. The van der Waals surface area contributed by atoms with Crippen molar-refractivity contribution in [2.24, 2.45) is 0 Å². The SMILES string of the molecule is COC(=O)[C@@](Cl)(C(C)=O)[C@H](NC(=O)OC(C)(C)C)c1ccc(Br)cc1. The zero-order valence-electron chi connectivity index (χ0n) is 14.7. The van der Waals surface area contributed by atoms with Crippen LogP contribution in [0.4, 0.5) is 4.79 Å². The number of amides is 1. The number of hydrogen-bond donors (Lipinski definition) is 1. The van der Waals surface area contributed by atoms with Crippen LogP contribution in [0, 0.1) is 0 Å². The maximum atomic E-state index is 12.2. The molecule has 0 saturated heterocycles. The molecule has 25 heavy (non-hydrogen) atoms. The van der Waals surface area contributed by atoms with Gasteiger partial charge in [0.1, 0.15) is 5.60 Å². The van der Waals surface area contributed by atoms with Crippen molar-refractivity contribution in [3.05, 3.63) is 34.3 Å². The van der Waals surface area contributed by atoms with Gasteiger partial charge in [-0.05, 0) is 45.4 Å². The van der Waals surface area contributed by atoms with Crippen LogP contribution in [0.2, 0.25) is 0 Å². The summed E-state index contributed by atoms with van der Waals surface area (Å²) in [6.07, 6.45) is -0.810. The second-order valence-corrected chi connectivity index (χ2v) is 7.90. The van der Waals surface area contributed by atoms with Crippen molar-refractivity contribution in [3.8, 4) is 0 Å². The molecule has 1 rings (SSSR count). The van der Waals surface area contributed by atoms with Gasteiger partial charge in [0.2, 0.25) is 4.87 Å². The summed E-state index contributed by atoms with van der Waals surface area (Å²) in [7, 11) is 1.12. The number of rotatable bonds is 5. The first-order valence-electron chi connectivity index (χ1n) is 7.45. The minimum atomic E-state index is -2.13. The van der Waals surface area contributed by atoms with Crippen LogP contribution in [-0.2, 0) is 19.1 Å². The zero-order chi connectivity index (χ0) is 19.4. The number of alkyl halides is 1. The number of hydrogen-bond acceptors (Lipinski definition) is 5. The van der Waals surface area contributed by atoms with Crippen LogP contribution in [0.3, 0.4) is 0 Å². The number of Topliss-reactive ketones (excluding diaryl/α,β-unsaturated/α-hetero) is 1. The molecular weight excluding hydrogens is 414 g/mol. The highest BCUT2D eigenvalue weighted by Gasteiger charge is 2.51. The van der Waals surface area contributed by atoms with Gasteiger partial charge < -0.3 is 14.8 Å². The Morgan fingerprint density at radius 3 is 2.08 bits per heavy atom. The fourth-order valence-electron chi connectivity index (χ4n) is 2.11. The summed E-state index contributed by atoms with van der Waals surface area (Å²) < 4.78 is 10.7. The summed E-state index contributed by atoms with van der Waals surface area (Å²) in [6.45, 7) is 6.24. The molecule has 0 aliphatic heterocycles. The van der Waals surface area contributed by atoms with Crippen molar-refractivity contribution in [2.45, 2.75) is 44.2 Å². The van der Waals surface area contributed by atoms with Gasteiger partial charge >= 0.3 is 12.1 Å². The minimum Gasteiger partial charge on any atom is -0.467 e. The Morgan fingerprint density at radius 1 is 1.16 bits per heavy atom. The highest BCUT2D eigenvalue weighted by atomic mass is 79.9. The molecule has 0 heterocycles. The van der Waals surface area contributed by atoms with E-state index in [0.717, 1.165) is 18.5 Å². The average molecular weight is 435 g/mol. The first kappa shape index (κ1) is 21.4. The number of nitrogens with one attached hydrogen (secondary N) is 1. The number of methoxy groups -OCH3 is 1. The zero-order valence-corrected chi connectivity index (χ0v) is 17.0. The monoisotopic (exact) mass is 433 g/mol. The maximum Gasteiger partial charge on any atom is 0.408 e. The quantitative estimate of drug-likeness (QED) is 0.433. The van der Waals surface area contributed by atoms with Gasteiger partial charge in [0.05, 0.1) is 13.2 Å². The van der Waals surface area contributed by atoms with Crippen molar-refractivity contribution < 1.29 is 23.9 Å². The second kappa shape index (κ2) is 8.19. The van der Waals surface area contributed by atoms with Crippen LogP contribution in [0.5, 0.6) is 0 Å². The van der Waals surface area contributed by atoms with E-state index in [1.807, 2.05) is 0 Å². The van der Waals surface area contributed by atoms with Crippen LogP contribution >= 0.6 is 27.5 Å². The van der Waals surface area contributed by atoms with Gasteiger partial charge in [-0.25, -0.2) is 9.59 Å². The van der Waals surface area contributed by atoms with E-state index in [-0.39, 0.29) is 0 Å². The third kappa shape index (κ3) is 5.44. The van der Waals surface area contributed by atoms with E-state index in [9.17, 15) is 14.4 Å². The van der Waals surface area contributed by atoms with E-state index in [1.54, 1.807) is 45.0 Å². The lowest BCUT2D eigenvalue weighted by Gasteiger charge is -2.32. The Labute approximate surface area is 160 Å². The largest absolute Gasteiger partial charge is 0.467 e.